The molecule has 0 spiro atoms. The summed E-state index contributed by atoms with van der Waals surface area (Å²) in [5.41, 5.74) is 0. The highest BCUT2D eigenvalue weighted by atomic mass is 35.5. The number of fused-ring (bicyclic) bond motifs is 2. The lowest BCUT2D eigenvalue weighted by Gasteiger charge is -2.35. The van der Waals surface area contributed by atoms with Crippen LogP contribution in [0.5, 0.6) is 17.2 Å². The van der Waals surface area contributed by atoms with Gasteiger partial charge in [-0.25, -0.2) is 0 Å². The number of benzene rings is 1. The van der Waals surface area contributed by atoms with Crippen LogP contribution in [-0.2, 0) is 0 Å². The smallest absolute Gasteiger partial charge is 0.231 e. The van der Waals surface area contributed by atoms with Crippen molar-refractivity contribution in [2.45, 2.75) is 37.9 Å². The number of likely N-dealkylation sites (tertiary alicyclic amines) is 1. The standard InChI is InChI=1S/C21H30N2O4.2ClH/c24-18-7-15-11-23(10-14-3-5-22-6-4-14)12-16(15)8-20(18)27-17-1-2-19-21(9-17)26-13-25-19;;/h1-2,9,14-16,18,20,22,24H,3-8,10-13H2;2*1H/t15-,16+,18+,20+;;/m0../s1. The molecule has 5 rings (SSSR count). The van der Waals surface area contributed by atoms with E-state index in [4.69, 9.17) is 14.2 Å². The first-order chi connectivity index (χ1) is 13.2. The molecule has 6 nitrogen and oxygen atoms in total. The average Bonchev–Trinajstić information content (AvgIpc) is 3.28. The maximum atomic E-state index is 10.7. The Morgan fingerprint density at radius 2 is 1.76 bits per heavy atom. The Hall–Kier alpha value is -0.920. The van der Waals surface area contributed by atoms with Gasteiger partial charge < -0.3 is 29.5 Å². The lowest BCUT2D eigenvalue weighted by molar-refractivity contribution is -0.0232. The van der Waals surface area contributed by atoms with Gasteiger partial charge in [0.2, 0.25) is 6.79 Å². The highest BCUT2D eigenvalue weighted by Gasteiger charge is 2.43. The predicted octanol–water partition coefficient (Wildman–Crippen LogP) is 2.71. The van der Waals surface area contributed by atoms with E-state index < -0.39 is 6.10 Å². The number of piperidine rings is 1. The Bertz CT molecular complexity index is 674. The van der Waals surface area contributed by atoms with Crippen molar-refractivity contribution in [2.75, 3.05) is 39.5 Å². The molecule has 8 heteroatoms. The molecule has 1 aromatic carbocycles. The number of rotatable bonds is 4. The number of hydrogen-bond acceptors (Lipinski definition) is 6. The first kappa shape index (κ1) is 22.8. The van der Waals surface area contributed by atoms with Gasteiger partial charge in [-0.05, 0) is 68.7 Å². The Kier molecular flexibility index (Phi) is 7.79. The molecule has 0 bridgehead atoms. The topological polar surface area (TPSA) is 63.2 Å². The van der Waals surface area contributed by atoms with E-state index in [0.717, 1.165) is 62.2 Å². The predicted molar refractivity (Wildman–Crippen MR) is 116 cm³/mol. The number of aliphatic hydroxyl groups excluding tert-OH is 1. The second-order valence-electron chi connectivity index (χ2n) is 8.64. The Morgan fingerprint density at radius 3 is 2.55 bits per heavy atom. The molecule has 29 heavy (non-hydrogen) atoms. The zero-order valence-corrected chi connectivity index (χ0v) is 18.3. The van der Waals surface area contributed by atoms with E-state index in [1.54, 1.807) is 0 Å². The van der Waals surface area contributed by atoms with E-state index in [-0.39, 0.29) is 37.7 Å². The molecule has 2 saturated heterocycles. The summed E-state index contributed by atoms with van der Waals surface area (Å²) in [7, 11) is 0. The molecule has 3 aliphatic heterocycles. The van der Waals surface area contributed by atoms with Crippen molar-refractivity contribution < 1.29 is 19.3 Å². The largest absolute Gasteiger partial charge is 0.488 e. The van der Waals surface area contributed by atoms with Gasteiger partial charge in [-0.15, -0.1) is 24.8 Å². The minimum absolute atomic E-state index is 0. The molecule has 0 aromatic heterocycles. The Morgan fingerprint density at radius 1 is 1.03 bits per heavy atom. The third-order valence-corrected chi connectivity index (χ3v) is 6.77. The van der Waals surface area contributed by atoms with Crippen molar-refractivity contribution in [3.8, 4) is 17.2 Å². The summed E-state index contributed by atoms with van der Waals surface area (Å²) in [6, 6.07) is 5.66. The summed E-state index contributed by atoms with van der Waals surface area (Å²) in [5.74, 6) is 4.32. The normalized spacial score (nSPS) is 31.5. The molecule has 1 saturated carbocycles. The van der Waals surface area contributed by atoms with Gasteiger partial charge in [-0.2, -0.15) is 0 Å². The van der Waals surface area contributed by atoms with Crippen molar-refractivity contribution >= 4 is 24.8 Å². The lowest BCUT2D eigenvalue weighted by Crippen LogP contribution is -2.42. The molecule has 4 atom stereocenters. The number of nitrogens with one attached hydrogen (secondary N) is 1. The minimum Gasteiger partial charge on any atom is -0.488 e. The molecule has 2 N–H and O–H groups in total. The average molecular weight is 447 g/mol. The van der Waals surface area contributed by atoms with Crippen LogP contribution in [0.15, 0.2) is 18.2 Å². The fourth-order valence-electron chi connectivity index (χ4n) is 5.32. The van der Waals surface area contributed by atoms with E-state index >= 15 is 0 Å². The fraction of sp³-hybridized carbons (Fsp3) is 0.714. The van der Waals surface area contributed by atoms with Crippen LogP contribution in [0.25, 0.3) is 0 Å². The molecule has 0 radical (unpaired) electrons. The van der Waals surface area contributed by atoms with E-state index in [1.807, 2.05) is 18.2 Å². The van der Waals surface area contributed by atoms with Gasteiger partial charge in [0.05, 0.1) is 6.10 Å². The van der Waals surface area contributed by atoms with Gasteiger partial charge in [0.25, 0.3) is 0 Å². The highest BCUT2D eigenvalue weighted by Crippen LogP contribution is 2.40. The quantitative estimate of drug-likeness (QED) is 0.740. The van der Waals surface area contributed by atoms with Gasteiger partial charge >= 0.3 is 0 Å². The Balaban J connectivity index is 0.00000120. The number of halogens is 2. The second kappa shape index (κ2) is 9.92. The molecule has 1 aliphatic carbocycles. The minimum atomic E-state index is -0.393. The van der Waals surface area contributed by atoms with Crippen molar-refractivity contribution in [3.05, 3.63) is 18.2 Å². The van der Waals surface area contributed by atoms with Crippen LogP contribution in [0.1, 0.15) is 25.7 Å². The summed E-state index contributed by atoms with van der Waals surface area (Å²) in [4.78, 5) is 2.64. The maximum Gasteiger partial charge on any atom is 0.231 e. The zero-order chi connectivity index (χ0) is 18.2. The van der Waals surface area contributed by atoms with Gasteiger partial charge in [0, 0.05) is 25.7 Å². The summed E-state index contributed by atoms with van der Waals surface area (Å²) >= 11 is 0. The van der Waals surface area contributed by atoms with E-state index in [0.29, 0.717) is 11.8 Å². The first-order valence-corrected chi connectivity index (χ1v) is 10.4. The Labute approximate surface area is 185 Å². The van der Waals surface area contributed by atoms with Crippen molar-refractivity contribution in [3.63, 3.8) is 0 Å². The van der Waals surface area contributed by atoms with Crippen LogP contribution < -0.4 is 19.5 Å². The van der Waals surface area contributed by atoms with Crippen molar-refractivity contribution in [1.82, 2.24) is 10.2 Å². The number of ether oxygens (including phenoxy) is 3. The summed E-state index contributed by atoms with van der Waals surface area (Å²) in [6.45, 7) is 6.11. The molecule has 3 heterocycles. The van der Waals surface area contributed by atoms with Crippen molar-refractivity contribution in [2.24, 2.45) is 17.8 Å². The molecule has 164 valence electrons. The zero-order valence-electron chi connectivity index (χ0n) is 16.6. The van der Waals surface area contributed by atoms with E-state index in [2.05, 4.69) is 10.2 Å². The van der Waals surface area contributed by atoms with Crippen molar-refractivity contribution in [1.29, 1.82) is 0 Å². The molecule has 0 unspecified atom stereocenters. The summed E-state index contributed by atoms with van der Waals surface area (Å²) in [5, 5.41) is 14.1. The molecule has 3 fully saturated rings. The fourth-order valence-corrected chi connectivity index (χ4v) is 5.32. The first-order valence-electron chi connectivity index (χ1n) is 10.4. The molecular weight excluding hydrogens is 415 g/mol. The van der Waals surface area contributed by atoms with Crippen LogP contribution in [0, 0.1) is 17.8 Å². The lowest BCUT2D eigenvalue weighted by atomic mass is 9.78. The van der Waals surface area contributed by atoms with Crippen LogP contribution in [-0.4, -0.2) is 61.7 Å². The van der Waals surface area contributed by atoms with Crippen LogP contribution in [0.2, 0.25) is 0 Å². The third-order valence-electron chi connectivity index (χ3n) is 6.77. The van der Waals surface area contributed by atoms with E-state index in [9.17, 15) is 5.11 Å². The summed E-state index contributed by atoms with van der Waals surface area (Å²) < 4.78 is 17.0. The van der Waals surface area contributed by atoms with Gasteiger partial charge in [0.15, 0.2) is 11.5 Å². The maximum absolute atomic E-state index is 10.7. The third kappa shape index (κ3) is 5.05. The van der Waals surface area contributed by atoms with Gasteiger partial charge in [-0.3, -0.25) is 0 Å². The highest BCUT2D eigenvalue weighted by molar-refractivity contribution is 5.85. The second-order valence-corrected chi connectivity index (χ2v) is 8.64. The van der Waals surface area contributed by atoms with E-state index in [1.165, 1.54) is 19.4 Å². The number of hydrogen-bond donors (Lipinski definition) is 2. The van der Waals surface area contributed by atoms with Crippen LogP contribution in [0.3, 0.4) is 0 Å². The van der Waals surface area contributed by atoms with Crippen LogP contribution in [0.4, 0.5) is 0 Å². The summed E-state index contributed by atoms with van der Waals surface area (Å²) in [6.07, 6.45) is 3.85. The SMILES string of the molecule is Cl.Cl.O[C@@H]1C[C@H]2CN(CC3CCNCC3)C[C@H]2C[C@H]1Oc1ccc2c(c1)OCO2. The molecule has 0 amide bonds. The van der Waals surface area contributed by atoms with Gasteiger partial charge in [0.1, 0.15) is 11.9 Å². The van der Waals surface area contributed by atoms with Gasteiger partial charge in [-0.1, -0.05) is 0 Å². The number of aliphatic hydroxyl groups is 1. The van der Waals surface area contributed by atoms with Crippen LogP contribution >= 0.6 is 24.8 Å². The molecular formula is C21H32Cl2N2O4. The monoisotopic (exact) mass is 446 g/mol. The molecule has 4 aliphatic rings. The molecule has 1 aromatic rings. The number of nitrogens with zero attached hydrogens (tertiary/aromatic N) is 1.